The number of nitrogens with zero attached hydrogens (tertiary/aromatic N) is 3. The molecular formula is C17H11F2N5O5S. The molecule has 0 unspecified atom stereocenters. The van der Waals surface area contributed by atoms with Crippen molar-refractivity contribution in [3.8, 4) is 11.8 Å². The third-order valence-electron chi connectivity index (χ3n) is 4.41. The van der Waals surface area contributed by atoms with Crippen LogP contribution in [-0.2, 0) is 14.8 Å². The smallest absolute Gasteiger partial charge is 0.336 e. The lowest BCUT2D eigenvalue weighted by Gasteiger charge is -2.27. The fraction of sp³-hybridized carbons (Fsp3) is 0.176. The van der Waals surface area contributed by atoms with Crippen molar-refractivity contribution in [1.82, 2.24) is 14.6 Å². The molecule has 0 fully saturated rings. The number of amides is 3. The van der Waals surface area contributed by atoms with Crippen molar-refractivity contribution >= 4 is 27.6 Å². The lowest BCUT2D eigenvalue weighted by molar-refractivity contribution is -0.121. The van der Waals surface area contributed by atoms with Gasteiger partial charge in [0.05, 0.1) is 17.3 Å². The van der Waals surface area contributed by atoms with E-state index < -0.39 is 51.2 Å². The number of fused-ring (bicyclic) bond motifs is 2. The summed E-state index contributed by atoms with van der Waals surface area (Å²) in [6.45, 7) is -1.13. The van der Waals surface area contributed by atoms with E-state index in [1.54, 1.807) is 6.07 Å². The highest BCUT2D eigenvalue weighted by atomic mass is 32.2. The number of carbonyl (C=O) groups is 2. The number of benzene rings is 1. The first-order valence-corrected chi connectivity index (χ1v) is 9.80. The molecule has 2 N–H and O–H groups in total. The summed E-state index contributed by atoms with van der Waals surface area (Å²) in [4.78, 5) is 28.3. The monoisotopic (exact) mass is 435 g/mol. The molecule has 1 aromatic carbocycles. The van der Waals surface area contributed by atoms with Crippen molar-refractivity contribution < 1.29 is 31.5 Å². The number of aromatic nitrogens is 1. The van der Waals surface area contributed by atoms with Crippen LogP contribution in [0.5, 0.6) is 5.75 Å². The second-order valence-corrected chi connectivity index (χ2v) is 8.11. The highest BCUT2D eigenvalue weighted by molar-refractivity contribution is 7.89. The average molecular weight is 435 g/mol. The zero-order valence-corrected chi connectivity index (χ0v) is 15.7. The van der Waals surface area contributed by atoms with Crippen LogP contribution in [0.15, 0.2) is 29.3 Å². The molecule has 1 atom stereocenters. The summed E-state index contributed by atoms with van der Waals surface area (Å²) >= 11 is 0. The molecule has 2 aliphatic heterocycles. The predicted molar refractivity (Wildman–Crippen MR) is 94.6 cm³/mol. The molecule has 0 spiro atoms. The minimum Gasteiger partial charge on any atom is -0.490 e. The van der Waals surface area contributed by atoms with Crippen LogP contribution in [0.1, 0.15) is 17.3 Å². The van der Waals surface area contributed by atoms with Gasteiger partial charge in [-0.1, -0.05) is 0 Å². The molecule has 10 nitrogen and oxygen atoms in total. The van der Waals surface area contributed by atoms with Gasteiger partial charge in [-0.15, -0.1) is 0 Å². The largest absolute Gasteiger partial charge is 0.490 e. The Morgan fingerprint density at radius 3 is 2.90 bits per heavy atom. The van der Waals surface area contributed by atoms with Gasteiger partial charge in [-0.25, -0.2) is 22.9 Å². The molecule has 3 amide bonds. The quantitative estimate of drug-likeness (QED) is 0.733. The van der Waals surface area contributed by atoms with E-state index >= 15 is 0 Å². The molecule has 0 saturated heterocycles. The number of halogens is 2. The highest BCUT2D eigenvalue weighted by Crippen LogP contribution is 2.35. The second kappa shape index (κ2) is 6.92. The van der Waals surface area contributed by atoms with Crippen LogP contribution < -0.4 is 15.4 Å². The van der Waals surface area contributed by atoms with E-state index in [2.05, 4.69) is 15.6 Å². The fourth-order valence-corrected chi connectivity index (χ4v) is 4.47. The first kappa shape index (κ1) is 19.5. The van der Waals surface area contributed by atoms with Gasteiger partial charge in [0.15, 0.2) is 0 Å². The molecule has 0 aliphatic carbocycles. The van der Waals surface area contributed by atoms with Crippen molar-refractivity contribution in [3.05, 3.63) is 47.2 Å². The van der Waals surface area contributed by atoms with Crippen LogP contribution in [0.4, 0.5) is 19.3 Å². The van der Waals surface area contributed by atoms with Crippen molar-refractivity contribution in [2.75, 3.05) is 18.5 Å². The van der Waals surface area contributed by atoms with Crippen molar-refractivity contribution in [3.63, 3.8) is 0 Å². The van der Waals surface area contributed by atoms with Crippen molar-refractivity contribution in [2.24, 2.45) is 0 Å². The van der Waals surface area contributed by atoms with Crippen LogP contribution in [0.3, 0.4) is 0 Å². The number of carbonyl (C=O) groups excluding carboxylic acids is 2. The fourth-order valence-electron chi connectivity index (χ4n) is 3.10. The summed E-state index contributed by atoms with van der Waals surface area (Å²) in [7, 11) is -4.52. The Balaban J connectivity index is 1.56. The molecule has 0 saturated carbocycles. The number of hydrogen-bond donors (Lipinski definition) is 2. The van der Waals surface area contributed by atoms with Gasteiger partial charge in [0.25, 0.3) is 10.0 Å². The number of urea groups is 1. The molecule has 13 heteroatoms. The Hall–Kier alpha value is -3.79. The summed E-state index contributed by atoms with van der Waals surface area (Å²) < 4.78 is 58.2. The number of anilines is 1. The molecule has 4 rings (SSSR count). The highest BCUT2D eigenvalue weighted by Gasteiger charge is 2.40. The topological polar surface area (TPSA) is 141 Å². The molecule has 30 heavy (non-hydrogen) atoms. The molecule has 0 radical (unpaired) electrons. The molecular weight excluding hydrogens is 424 g/mol. The minimum atomic E-state index is -4.52. The van der Waals surface area contributed by atoms with Crippen molar-refractivity contribution in [2.45, 2.75) is 11.1 Å². The number of rotatable bonds is 3. The van der Waals surface area contributed by atoms with Gasteiger partial charge in [-0.05, 0) is 12.1 Å². The number of pyridine rings is 1. The minimum absolute atomic E-state index is 0.0803. The zero-order valence-electron chi connectivity index (χ0n) is 14.8. The maximum Gasteiger partial charge on any atom is 0.336 e. The number of ether oxygens (including phenoxy) is 1. The Morgan fingerprint density at radius 2 is 2.17 bits per heavy atom. The zero-order chi connectivity index (χ0) is 21.6. The van der Waals surface area contributed by atoms with Gasteiger partial charge in [0.1, 0.15) is 42.3 Å². The van der Waals surface area contributed by atoms with E-state index in [1.165, 1.54) is 12.1 Å². The first-order valence-electron chi connectivity index (χ1n) is 8.36. The number of sulfonamides is 1. The number of nitriles is 1. The summed E-state index contributed by atoms with van der Waals surface area (Å²) in [6.07, 6.45) is 0. The third kappa shape index (κ3) is 3.16. The third-order valence-corrected chi connectivity index (χ3v) is 6.09. The van der Waals surface area contributed by atoms with Gasteiger partial charge in [0, 0.05) is 12.1 Å². The Kier molecular flexibility index (Phi) is 4.50. The van der Waals surface area contributed by atoms with Crippen LogP contribution in [0.2, 0.25) is 0 Å². The standard InChI is InChI=1S/C17H11F2N5O5S/c18-8-3-10(19)15-12(7-29-13(15)4-8)22-14(25)6-24-17(26)23-11-2-1-9(5-20)21-16(11)30(24,27)28/h1-4,12H,6-7H2,(H,22,25)(H,23,26)/t12-/m0/s1. The van der Waals surface area contributed by atoms with Crippen LogP contribution in [0.25, 0.3) is 0 Å². The van der Waals surface area contributed by atoms with E-state index in [4.69, 9.17) is 10.00 Å². The SMILES string of the molecule is N#Cc1ccc2c(n1)S(=O)(=O)N(CC(=O)N[C@H]1COc3cc(F)cc(F)c31)C(=O)N2. The van der Waals surface area contributed by atoms with Gasteiger partial charge in [0.2, 0.25) is 10.9 Å². The molecule has 2 aromatic rings. The molecule has 2 aliphatic rings. The Labute approximate surface area is 168 Å². The molecule has 0 bridgehead atoms. The van der Waals surface area contributed by atoms with Gasteiger partial charge < -0.3 is 15.4 Å². The molecule has 3 heterocycles. The summed E-state index contributed by atoms with van der Waals surface area (Å²) in [6, 6.07) is 3.62. The van der Waals surface area contributed by atoms with Crippen LogP contribution in [0, 0.1) is 23.0 Å². The van der Waals surface area contributed by atoms with Gasteiger partial charge >= 0.3 is 6.03 Å². The summed E-state index contributed by atoms with van der Waals surface area (Å²) in [5.74, 6) is -2.79. The predicted octanol–water partition coefficient (Wildman–Crippen LogP) is 1.02. The van der Waals surface area contributed by atoms with Crippen LogP contribution >= 0.6 is 0 Å². The summed E-state index contributed by atoms with van der Waals surface area (Å²) in [5, 5.41) is 13.0. The van der Waals surface area contributed by atoms with Gasteiger partial charge in [-0.2, -0.15) is 13.7 Å². The number of nitrogens with one attached hydrogen (secondary N) is 2. The number of hydrogen-bond acceptors (Lipinski definition) is 7. The Morgan fingerprint density at radius 1 is 1.40 bits per heavy atom. The van der Waals surface area contributed by atoms with E-state index in [-0.39, 0.29) is 33.6 Å². The normalized spacial score (nSPS) is 18.5. The first-order chi connectivity index (χ1) is 14.2. The second-order valence-electron chi connectivity index (χ2n) is 6.33. The van der Waals surface area contributed by atoms with Crippen molar-refractivity contribution in [1.29, 1.82) is 5.26 Å². The lowest BCUT2D eigenvalue weighted by atomic mass is 10.1. The maximum absolute atomic E-state index is 14.1. The van der Waals surface area contributed by atoms with Crippen LogP contribution in [-0.4, -0.2) is 42.8 Å². The van der Waals surface area contributed by atoms with E-state index in [0.29, 0.717) is 6.07 Å². The van der Waals surface area contributed by atoms with E-state index in [0.717, 1.165) is 6.07 Å². The average Bonchev–Trinajstić information content (AvgIpc) is 3.07. The van der Waals surface area contributed by atoms with E-state index in [1.807, 2.05) is 0 Å². The lowest BCUT2D eigenvalue weighted by Crippen LogP contribution is -2.49. The Bertz CT molecular complexity index is 1240. The van der Waals surface area contributed by atoms with E-state index in [9.17, 15) is 26.8 Å². The molecule has 154 valence electrons. The molecule has 1 aromatic heterocycles. The maximum atomic E-state index is 14.1. The summed E-state index contributed by atoms with van der Waals surface area (Å²) in [5.41, 5.74) is -0.403. The van der Waals surface area contributed by atoms with Gasteiger partial charge in [-0.3, -0.25) is 4.79 Å².